The predicted molar refractivity (Wildman–Crippen MR) is 107 cm³/mol. The lowest BCUT2D eigenvalue weighted by molar-refractivity contribution is 0.00708. The molecule has 0 spiro atoms. The van der Waals surface area contributed by atoms with Gasteiger partial charge in [0, 0.05) is 12.6 Å². The van der Waals surface area contributed by atoms with Gasteiger partial charge in [-0.05, 0) is 37.3 Å². The number of fused-ring (bicyclic) bond motifs is 1. The van der Waals surface area contributed by atoms with Crippen molar-refractivity contribution in [3.63, 3.8) is 0 Å². The van der Waals surface area contributed by atoms with Crippen LogP contribution in [0.25, 0.3) is 0 Å². The van der Waals surface area contributed by atoms with Crippen molar-refractivity contribution in [2.75, 3.05) is 59.9 Å². The molecule has 1 aromatic rings. The van der Waals surface area contributed by atoms with Crippen molar-refractivity contribution in [2.45, 2.75) is 6.92 Å². The van der Waals surface area contributed by atoms with Gasteiger partial charge in [-0.2, -0.15) is 5.10 Å². The first-order valence-electron chi connectivity index (χ1n) is 8.86. The van der Waals surface area contributed by atoms with Gasteiger partial charge in [-0.1, -0.05) is 0 Å². The Kier molecular flexibility index (Phi) is 9.85. The zero-order chi connectivity index (χ0) is 19.3. The summed E-state index contributed by atoms with van der Waals surface area (Å²) < 4.78 is 28.0. The Labute approximate surface area is 165 Å². The predicted octanol–water partition coefficient (Wildman–Crippen LogP) is 1.33. The minimum atomic E-state index is 0.411. The van der Waals surface area contributed by atoms with Crippen molar-refractivity contribution in [2.24, 2.45) is 5.10 Å². The molecular formula is C18H27N3O5S. The molecule has 1 heterocycles. The summed E-state index contributed by atoms with van der Waals surface area (Å²) in [5.41, 5.74) is 4.44. The summed E-state index contributed by atoms with van der Waals surface area (Å²) in [6, 6.07) is 5.67. The van der Waals surface area contributed by atoms with E-state index in [1.54, 1.807) is 7.05 Å². The number of hydrogen-bond acceptors (Lipinski definition) is 7. The molecule has 27 heavy (non-hydrogen) atoms. The molecule has 0 atom stereocenters. The Morgan fingerprint density at radius 3 is 2.04 bits per heavy atom. The lowest BCUT2D eigenvalue weighted by atomic mass is 10.1. The summed E-state index contributed by atoms with van der Waals surface area (Å²) >= 11 is 5.03. The normalized spacial score (nSPS) is 17.3. The second-order valence-electron chi connectivity index (χ2n) is 5.58. The first-order chi connectivity index (χ1) is 13.2. The molecule has 8 nitrogen and oxygen atoms in total. The zero-order valence-electron chi connectivity index (χ0n) is 15.8. The second-order valence-corrected chi connectivity index (χ2v) is 5.99. The standard InChI is InChI=1S/C18H27N3O5S/c1-14(20-21-18(27)19-2)15-3-4-16-17(13-15)26-12-10-24-8-6-22-5-7-23-9-11-25-16/h3-4,13H,5-12H2,1-2H3,(H2,19,21,27)/b20-14+. The summed E-state index contributed by atoms with van der Waals surface area (Å²) in [4.78, 5) is 0. The van der Waals surface area contributed by atoms with Crippen molar-refractivity contribution >= 4 is 23.0 Å². The average molecular weight is 397 g/mol. The van der Waals surface area contributed by atoms with E-state index in [0.29, 0.717) is 69.5 Å². The minimum Gasteiger partial charge on any atom is -0.487 e. The fourth-order valence-corrected chi connectivity index (χ4v) is 2.23. The first-order valence-corrected chi connectivity index (χ1v) is 9.27. The van der Waals surface area contributed by atoms with Crippen LogP contribution in [0.1, 0.15) is 12.5 Å². The summed E-state index contributed by atoms with van der Waals surface area (Å²) in [6.45, 7) is 5.81. The summed E-state index contributed by atoms with van der Waals surface area (Å²) in [7, 11) is 1.73. The monoisotopic (exact) mass is 397 g/mol. The fraction of sp³-hybridized carbons (Fsp3) is 0.556. The molecule has 0 unspecified atom stereocenters. The maximum atomic E-state index is 5.86. The van der Waals surface area contributed by atoms with Crippen LogP contribution in [-0.2, 0) is 14.2 Å². The van der Waals surface area contributed by atoms with E-state index in [9.17, 15) is 0 Å². The van der Waals surface area contributed by atoms with E-state index in [0.717, 1.165) is 11.3 Å². The van der Waals surface area contributed by atoms with E-state index >= 15 is 0 Å². The highest BCUT2D eigenvalue weighted by atomic mass is 32.1. The van der Waals surface area contributed by atoms with Crippen molar-refractivity contribution in [1.82, 2.24) is 10.7 Å². The quantitative estimate of drug-likeness (QED) is 0.439. The molecule has 2 N–H and O–H groups in total. The maximum absolute atomic E-state index is 5.86. The summed E-state index contributed by atoms with van der Waals surface area (Å²) in [5.74, 6) is 1.29. The van der Waals surface area contributed by atoms with Gasteiger partial charge in [0.1, 0.15) is 13.2 Å². The highest BCUT2D eigenvalue weighted by molar-refractivity contribution is 7.80. The van der Waals surface area contributed by atoms with Gasteiger partial charge in [0.25, 0.3) is 0 Å². The molecule has 9 heteroatoms. The maximum Gasteiger partial charge on any atom is 0.186 e. The molecule has 0 radical (unpaired) electrons. The Hall–Kier alpha value is -1.94. The number of benzene rings is 1. The van der Waals surface area contributed by atoms with Crippen molar-refractivity contribution in [3.05, 3.63) is 23.8 Å². The molecule has 1 aliphatic heterocycles. The third-order valence-electron chi connectivity index (χ3n) is 3.63. The number of hydrazone groups is 1. The van der Waals surface area contributed by atoms with Crippen molar-refractivity contribution in [1.29, 1.82) is 0 Å². The summed E-state index contributed by atoms with van der Waals surface area (Å²) in [6.07, 6.45) is 0. The van der Waals surface area contributed by atoms with Crippen LogP contribution < -0.4 is 20.2 Å². The van der Waals surface area contributed by atoms with Crippen LogP contribution in [0.2, 0.25) is 0 Å². The van der Waals surface area contributed by atoms with Gasteiger partial charge >= 0.3 is 0 Å². The minimum absolute atomic E-state index is 0.411. The van der Waals surface area contributed by atoms with Crippen LogP contribution in [0.15, 0.2) is 23.3 Å². The first kappa shape index (κ1) is 21.4. The van der Waals surface area contributed by atoms with Crippen LogP contribution in [0, 0.1) is 0 Å². The number of thiocarbonyl (C=S) groups is 1. The number of ether oxygens (including phenoxy) is 5. The van der Waals surface area contributed by atoms with E-state index in [-0.39, 0.29) is 0 Å². The SMILES string of the molecule is CNC(=S)N/N=C(\C)c1ccc2c(c1)OCCOCCOCCOCCO2. The Morgan fingerprint density at radius 1 is 0.889 bits per heavy atom. The Bertz CT molecular complexity index is 627. The van der Waals surface area contributed by atoms with E-state index in [1.165, 1.54) is 0 Å². The van der Waals surface area contributed by atoms with Gasteiger partial charge < -0.3 is 29.0 Å². The molecule has 0 fully saturated rings. The van der Waals surface area contributed by atoms with Crippen molar-refractivity contribution < 1.29 is 23.7 Å². The summed E-state index contributed by atoms with van der Waals surface area (Å²) in [5, 5.41) is 7.52. The Balaban J connectivity index is 2.07. The highest BCUT2D eigenvalue weighted by Gasteiger charge is 2.10. The largest absolute Gasteiger partial charge is 0.487 e. The highest BCUT2D eigenvalue weighted by Crippen LogP contribution is 2.29. The number of nitrogens with zero attached hydrogens (tertiary/aromatic N) is 1. The second kappa shape index (κ2) is 12.4. The molecule has 150 valence electrons. The van der Waals surface area contributed by atoms with Crippen LogP contribution in [-0.4, -0.2) is 70.7 Å². The zero-order valence-corrected chi connectivity index (χ0v) is 16.6. The van der Waals surface area contributed by atoms with E-state index in [1.807, 2.05) is 25.1 Å². The molecule has 0 amide bonds. The van der Waals surface area contributed by atoms with E-state index < -0.39 is 0 Å². The van der Waals surface area contributed by atoms with Crippen LogP contribution in [0.3, 0.4) is 0 Å². The molecule has 0 saturated carbocycles. The molecule has 1 aliphatic rings. The average Bonchev–Trinajstić information content (AvgIpc) is 2.70. The fourth-order valence-electron chi connectivity index (χ4n) is 2.18. The molecule has 0 saturated heterocycles. The van der Waals surface area contributed by atoms with Gasteiger partial charge in [0.15, 0.2) is 16.6 Å². The van der Waals surface area contributed by atoms with Gasteiger partial charge in [-0.15, -0.1) is 0 Å². The van der Waals surface area contributed by atoms with Crippen LogP contribution >= 0.6 is 12.2 Å². The van der Waals surface area contributed by atoms with Crippen LogP contribution in [0.4, 0.5) is 0 Å². The lowest BCUT2D eigenvalue weighted by Crippen LogP contribution is -2.29. The molecule has 2 rings (SSSR count). The van der Waals surface area contributed by atoms with Crippen LogP contribution in [0.5, 0.6) is 11.5 Å². The molecule has 0 bridgehead atoms. The molecule has 0 aromatic heterocycles. The third kappa shape index (κ3) is 8.08. The molecular weight excluding hydrogens is 370 g/mol. The van der Waals surface area contributed by atoms with Gasteiger partial charge in [0.2, 0.25) is 0 Å². The van der Waals surface area contributed by atoms with E-state index in [2.05, 4.69) is 15.8 Å². The smallest absolute Gasteiger partial charge is 0.186 e. The number of rotatable bonds is 2. The third-order valence-corrected chi connectivity index (χ3v) is 3.92. The van der Waals surface area contributed by atoms with Gasteiger partial charge in [0.05, 0.1) is 45.4 Å². The van der Waals surface area contributed by atoms with Crippen molar-refractivity contribution in [3.8, 4) is 11.5 Å². The molecule has 1 aromatic carbocycles. The topological polar surface area (TPSA) is 82.6 Å². The molecule has 0 aliphatic carbocycles. The van der Waals surface area contributed by atoms with Gasteiger partial charge in [-0.3, -0.25) is 5.43 Å². The lowest BCUT2D eigenvalue weighted by Gasteiger charge is -2.14. The van der Waals surface area contributed by atoms with Gasteiger partial charge in [-0.25, -0.2) is 0 Å². The number of nitrogens with one attached hydrogen (secondary N) is 2. The van der Waals surface area contributed by atoms with E-state index in [4.69, 9.17) is 35.9 Å². The number of hydrogen-bond donors (Lipinski definition) is 2. The Morgan fingerprint density at radius 2 is 1.44 bits per heavy atom.